The summed E-state index contributed by atoms with van der Waals surface area (Å²) in [6.07, 6.45) is 0. The summed E-state index contributed by atoms with van der Waals surface area (Å²) in [6.45, 7) is 7.90. The maximum atomic E-state index is 2.35. The van der Waals surface area contributed by atoms with E-state index in [1.165, 1.54) is 16.8 Å². The van der Waals surface area contributed by atoms with Crippen LogP contribution in [0.3, 0.4) is 0 Å². The van der Waals surface area contributed by atoms with Crippen LogP contribution in [0.25, 0.3) is 0 Å². The minimum atomic E-state index is 0.317. The Kier molecular flexibility index (Phi) is 1.66. The van der Waals surface area contributed by atoms with Crippen LogP contribution in [0.4, 0.5) is 5.69 Å². The van der Waals surface area contributed by atoms with Gasteiger partial charge >= 0.3 is 0 Å². The van der Waals surface area contributed by atoms with Crippen LogP contribution >= 0.6 is 0 Å². The molecule has 13 heavy (non-hydrogen) atoms. The molecule has 0 radical (unpaired) electrons. The van der Waals surface area contributed by atoms with Crippen LogP contribution in [0.1, 0.15) is 25.0 Å². The maximum absolute atomic E-state index is 2.35. The van der Waals surface area contributed by atoms with E-state index in [1.54, 1.807) is 0 Å². The predicted molar refractivity (Wildman–Crippen MR) is 57.5 cm³/mol. The third-order valence-electron chi connectivity index (χ3n) is 2.93. The molecule has 1 heterocycles. The molecule has 0 aromatic heterocycles. The first-order chi connectivity index (χ1) is 6.00. The number of benzene rings is 1. The fourth-order valence-electron chi connectivity index (χ4n) is 2.29. The Morgan fingerprint density at radius 1 is 1.31 bits per heavy atom. The molecule has 1 aromatic carbocycles. The molecule has 0 N–H and O–H groups in total. The minimum absolute atomic E-state index is 0.317. The van der Waals surface area contributed by atoms with E-state index in [9.17, 15) is 0 Å². The van der Waals surface area contributed by atoms with Crippen molar-refractivity contribution in [2.75, 3.05) is 18.5 Å². The summed E-state index contributed by atoms with van der Waals surface area (Å²) in [6, 6.07) is 6.76. The van der Waals surface area contributed by atoms with E-state index < -0.39 is 0 Å². The topological polar surface area (TPSA) is 3.24 Å². The second kappa shape index (κ2) is 2.50. The van der Waals surface area contributed by atoms with Crippen molar-refractivity contribution < 1.29 is 0 Å². The SMILES string of the molecule is Cc1ccc2c(c1)N(C)CC2(C)C. The average molecular weight is 175 g/mol. The second-order valence-electron chi connectivity index (χ2n) is 4.76. The van der Waals surface area contributed by atoms with Gasteiger partial charge in [-0.1, -0.05) is 26.0 Å². The molecule has 1 heteroatoms. The first-order valence-corrected chi connectivity index (χ1v) is 4.83. The first-order valence-electron chi connectivity index (χ1n) is 4.83. The molecule has 1 aromatic rings. The van der Waals surface area contributed by atoms with E-state index in [2.05, 4.69) is 50.9 Å². The molecule has 0 aliphatic carbocycles. The number of fused-ring (bicyclic) bond motifs is 1. The van der Waals surface area contributed by atoms with Crippen molar-refractivity contribution in [2.24, 2.45) is 0 Å². The quantitative estimate of drug-likeness (QED) is 0.586. The summed E-state index contributed by atoms with van der Waals surface area (Å²) in [5, 5.41) is 0. The number of anilines is 1. The molecular weight excluding hydrogens is 158 g/mol. The molecule has 1 aliphatic heterocycles. The summed E-state index contributed by atoms with van der Waals surface area (Å²) in [5.74, 6) is 0. The van der Waals surface area contributed by atoms with E-state index in [0.717, 1.165) is 6.54 Å². The van der Waals surface area contributed by atoms with Gasteiger partial charge in [0.25, 0.3) is 0 Å². The van der Waals surface area contributed by atoms with Gasteiger partial charge in [0.05, 0.1) is 0 Å². The van der Waals surface area contributed by atoms with Crippen molar-refractivity contribution in [3.8, 4) is 0 Å². The molecule has 0 saturated heterocycles. The molecule has 0 atom stereocenters. The van der Waals surface area contributed by atoms with Crippen molar-refractivity contribution in [2.45, 2.75) is 26.2 Å². The zero-order valence-corrected chi connectivity index (χ0v) is 8.89. The van der Waals surface area contributed by atoms with Gasteiger partial charge in [0.1, 0.15) is 0 Å². The van der Waals surface area contributed by atoms with E-state index in [-0.39, 0.29) is 0 Å². The van der Waals surface area contributed by atoms with Gasteiger partial charge in [-0.3, -0.25) is 0 Å². The van der Waals surface area contributed by atoms with E-state index in [4.69, 9.17) is 0 Å². The Morgan fingerprint density at radius 3 is 2.69 bits per heavy atom. The van der Waals surface area contributed by atoms with Crippen LogP contribution in [-0.4, -0.2) is 13.6 Å². The van der Waals surface area contributed by atoms with Gasteiger partial charge in [-0.2, -0.15) is 0 Å². The Hall–Kier alpha value is -0.980. The molecule has 1 nitrogen and oxygen atoms in total. The lowest BCUT2D eigenvalue weighted by atomic mass is 9.87. The number of nitrogens with zero attached hydrogens (tertiary/aromatic N) is 1. The summed E-state index contributed by atoms with van der Waals surface area (Å²) < 4.78 is 0. The highest BCUT2D eigenvalue weighted by molar-refractivity contribution is 5.62. The molecule has 70 valence electrons. The fraction of sp³-hybridized carbons (Fsp3) is 0.500. The van der Waals surface area contributed by atoms with Crippen molar-refractivity contribution in [1.29, 1.82) is 0 Å². The highest BCUT2D eigenvalue weighted by atomic mass is 15.1. The highest BCUT2D eigenvalue weighted by Gasteiger charge is 2.32. The fourth-order valence-corrected chi connectivity index (χ4v) is 2.29. The van der Waals surface area contributed by atoms with Gasteiger partial charge in [0, 0.05) is 24.7 Å². The van der Waals surface area contributed by atoms with Crippen LogP contribution in [-0.2, 0) is 5.41 Å². The molecule has 2 rings (SSSR count). The number of hydrogen-bond donors (Lipinski definition) is 0. The molecule has 0 saturated carbocycles. The van der Waals surface area contributed by atoms with Gasteiger partial charge in [0.2, 0.25) is 0 Å². The third-order valence-corrected chi connectivity index (χ3v) is 2.93. The van der Waals surface area contributed by atoms with Gasteiger partial charge < -0.3 is 4.90 Å². The van der Waals surface area contributed by atoms with Crippen molar-refractivity contribution in [3.05, 3.63) is 29.3 Å². The predicted octanol–water partition coefficient (Wildman–Crippen LogP) is 2.72. The lowest BCUT2D eigenvalue weighted by Crippen LogP contribution is -2.24. The maximum Gasteiger partial charge on any atom is 0.0405 e. The zero-order chi connectivity index (χ0) is 9.64. The van der Waals surface area contributed by atoms with E-state index >= 15 is 0 Å². The number of aryl methyl sites for hydroxylation is 1. The molecule has 0 unspecified atom stereocenters. The number of likely N-dealkylation sites (N-methyl/N-ethyl adjacent to an activating group) is 1. The normalized spacial score (nSPS) is 18.9. The lowest BCUT2D eigenvalue weighted by Gasteiger charge is -2.18. The summed E-state index contributed by atoms with van der Waals surface area (Å²) in [7, 11) is 2.17. The molecule has 0 amide bonds. The van der Waals surface area contributed by atoms with E-state index in [1.807, 2.05) is 0 Å². The Morgan fingerprint density at radius 2 is 2.00 bits per heavy atom. The second-order valence-corrected chi connectivity index (χ2v) is 4.76. The van der Waals surface area contributed by atoms with Crippen molar-refractivity contribution >= 4 is 5.69 Å². The molecule has 1 aliphatic rings. The van der Waals surface area contributed by atoms with Gasteiger partial charge in [-0.15, -0.1) is 0 Å². The van der Waals surface area contributed by atoms with Crippen LogP contribution in [0.15, 0.2) is 18.2 Å². The largest absolute Gasteiger partial charge is 0.373 e. The van der Waals surface area contributed by atoms with Crippen LogP contribution in [0, 0.1) is 6.92 Å². The Bertz CT molecular complexity index is 339. The minimum Gasteiger partial charge on any atom is -0.373 e. The summed E-state index contributed by atoms with van der Waals surface area (Å²) >= 11 is 0. The van der Waals surface area contributed by atoms with Crippen molar-refractivity contribution in [1.82, 2.24) is 0 Å². The smallest absolute Gasteiger partial charge is 0.0405 e. The summed E-state index contributed by atoms with van der Waals surface area (Å²) in [5.41, 5.74) is 4.56. The third kappa shape index (κ3) is 1.23. The first kappa shape index (κ1) is 8.61. The molecule has 0 bridgehead atoms. The monoisotopic (exact) mass is 175 g/mol. The van der Waals surface area contributed by atoms with Crippen LogP contribution in [0.5, 0.6) is 0 Å². The zero-order valence-electron chi connectivity index (χ0n) is 8.89. The average Bonchev–Trinajstić information content (AvgIpc) is 2.22. The molecular formula is C12H17N. The Labute approximate surface area is 80.4 Å². The van der Waals surface area contributed by atoms with E-state index in [0.29, 0.717) is 5.41 Å². The van der Waals surface area contributed by atoms with Gasteiger partial charge in [0.15, 0.2) is 0 Å². The lowest BCUT2D eigenvalue weighted by molar-refractivity contribution is 0.563. The van der Waals surface area contributed by atoms with Gasteiger partial charge in [-0.05, 0) is 24.1 Å². The number of rotatable bonds is 0. The van der Waals surface area contributed by atoms with Crippen LogP contribution in [0.2, 0.25) is 0 Å². The van der Waals surface area contributed by atoms with Gasteiger partial charge in [-0.25, -0.2) is 0 Å². The molecule has 0 fully saturated rings. The standard InChI is InChI=1S/C12H17N/c1-9-5-6-10-11(7-9)13(4)8-12(10,2)3/h5-7H,8H2,1-4H3. The number of hydrogen-bond acceptors (Lipinski definition) is 1. The highest BCUT2D eigenvalue weighted by Crippen LogP contribution is 2.39. The Balaban J connectivity index is 2.59. The molecule has 0 spiro atoms. The van der Waals surface area contributed by atoms with Crippen LogP contribution < -0.4 is 4.90 Å². The van der Waals surface area contributed by atoms with Crippen molar-refractivity contribution in [3.63, 3.8) is 0 Å². The summed E-state index contributed by atoms with van der Waals surface area (Å²) in [4.78, 5) is 2.35.